The lowest BCUT2D eigenvalue weighted by atomic mass is 10.2. The van der Waals surface area contributed by atoms with E-state index in [1.807, 2.05) is 0 Å². The highest BCUT2D eigenvalue weighted by molar-refractivity contribution is 6.30. The summed E-state index contributed by atoms with van der Waals surface area (Å²) in [7, 11) is 0. The fourth-order valence-electron chi connectivity index (χ4n) is 1.49. The van der Waals surface area contributed by atoms with Gasteiger partial charge in [0, 0.05) is 16.8 Å². The molecule has 0 saturated heterocycles. The van der Waals surface area contributed by atoms with Crippen LogP contribution >= 0.6 is 11.6 Å². The third kappa shape index (κ3) is 3.93. The van der Waals surface area contributed by atoms with E-state index in [-0.39, 0.29) is 11.5 Å². The standard InChI is InChI=1S/C14H10ClF2NO2/c15-10-1-6-13(19)9(7-10)8-18-11-2-4-12(5-3-11)20-14(16)17/h1-8,14,19H. The lowest BCUT2D eigenvalue weighted by Gasteiger charge is -2.03. The number of hydrogen-bond acceptors (Lipinski definition) is 3. The number of rotatable bonds is 4. The average molecular weight is 298 g/mol. The highest BCUT2D eigenvalue weighted by Gasteiger charge is 2.03. The van der Waals surface area contributed by atoms with Crippen LogP contribution in [0.1, 0.15) is 5.56 Å². The van der Waals surface area contributed by atoms with Crippen LogP contribution in [0, 0.1) is 0 Å². The van der Waals surface area contributed by atoms with Gasteiger partial charge in [0.1, 0.15) is 11.5 Å². The van der Waals surface area contributed by atoms with Gasteiger partial charge in [0.05, 0.1) is 5.69 Å². The molecule has 0 aliphatic heterocycles. The molecule has 0 atom stereocenters. The summed E-state index contributed by atoms with van der Waals surface area (Å²) in [6.07, 6.45) is 1.43. The van der Waals surface area contributed by atoms with E-state index in [4.69, 9.17) is 11.6 Å². The predicted octanol–water partition coefficient (Wildman–Crippen LogP) is 4.40. The highest BCUT2D eigenvalue weighted by Crippen LogP contribution is 2.22. The van der Waals surface area contributed by atoms with E-state index in [9.17, 15) is 13.9 Å². The molecule has 2 aromatic rings. The second kappa shape index (κ2) is 6.34. The molecule has 0 spiro atoms. The number of nitrogens with zero attached hydrogens (tertiary/aromatic N) is 1. The number of aliphatic imine (C=N–C) groups is 1. The van der Waals surface area contributed by atoms with Gasteiger partial charge in [0.25, 0.3) is 0 Å². The Morgan fingerprint density at radius 2 is 1.85 bits per heavy atom. The van der Waals surface area contributed by atoms with E-state index in [0.29, 0.717) is 16.3 Å². The Morgan fingerprint density at radius 1 is 1.15 bits per heavy atom. The number of hydrogen-bond donors (Lipinski definition) is 1. The first-order chi connectivity index (χ1) is 9.54. The van der Waals surface area contributed by atoms with Crippen molar-refractivity contribution in [2.75, 3.05) is 0 Å². The van der Waals surface area contributed by atoms with Gasteiger partial charge in [-0.1, -0.05) is 11.6 Å². The van der Waals surface area contributed by atoms with Gasteiger partial charge in [-0.05, 0) is 42.5 Å². The number of phenolic OH excluding ortho intramolecular Hbond substituents is 1. The number of benzene rings is 2. The molecule has 6 heteroatoms. The number of ether oxygens (including phenoxy) is 1. The number of phenols is 1. The summed E-state index contributed by atoms with van der Waals surface area (Å²) in [4.78, 5) is 4.11. The Balaban J connectivity index is 2.13. The van der Waals surface area contributed by atoms with Gasteiger partial charge in [-0.15, -0.1) is 0 Å². The van der Waals surface area contributed by atoms with Crippen molar-refractivity contribution >= 4 is 23.5 Å². The Kier molecular flexibility index (Phi) is 4.53. The van der Waals surface area contributed by atoms with Crippen molar-refractivity contribution in [1.82, 2.24) is 0 Å². The van der Waals surface area contributed by atoms with Crippen molar-refractivity contribution in [3.05, 3.63) is 53.1 Å². The van der Waals surface area contributed by atoms with Crippen LogP contribution in [0.2, 0.25) is 5.02 Å². The van der Waals surface area contributed by atoms with Crippen LogP contribution in [-0.2, 0) is 0 Å². The average Bonchev–Trinajstić information content (AvgIpc) is 2.41. The normalized spacial score (nSPS) is 11.2. The van der Waals surface area contributed by atoms with Crippen LogP contribution < -0.4 is 4.74 Å². The van der Waals surface area contributed by atoms with Crippen molar-refractivity contribution in [2.24, 2.45) is 4.99 Å². The molecule has 0 unspecified atom stereocenters. The maximum Gasteiger partial charge on any atom is 0.387 e. The van der Waals surface area contributed by atoms with Gasteiger partial charge in [-0.2, -0.15) is 8.78 Å². The second-order valence-corrected chi connectivity index (χ2v) is 4.27. The monoisotopic (exact) mass is 297 g/mol. The second-order valence-electron chi connectivity index (χ2n) is 3.83. The van der Waals surface area contributed by atoms with Crippen LogP contribution in [0.25, 0.3) is 0 Å². The molecular formula is C14H10ClF2NO2. The molecule has 0 aliphatic carbocycles. The summed E-state index contributed by atoms with van der Waals surface area (Å²) in [5, 5.41) is 10.1. The first-order valence-electron chi connectivity index (χ1n) is 5.62. The smallest absolute Gasteiger partial charge is 0.387 e. The van der Waals surface area contributed by atoms with Crippen molar-refractivity contribution in [3.8, 4) is 11.5 Å². The highest BCUT2D eigenvalue weighted by atomic mass is 35.5. The molecule has 1 N–H and O–H groups in total. The molecule has 0 fully saturated rings. The van der Waals surface area contributed by atoms with E-state index < -0.39 is 6.61 Å². The van der Waals surface area contributed by atoms with Crippen LogP contribution in [0.3, 0.4) is 0 Å². The van der Waals surface area contributed by atoms with Gasteiger partial charge < -0.3 is 9.84 Å². The molecule has 2 rings (SSSR count). The first-order valence-corrected chi connectivity index (χ1v) is 6.00. The first kappa shape index (κ1) is 14.3. The summed E-state index contributed by atoms with van der Waals surface area (Å²) in [5.74, 6) is 0.111. The fourth-order valence-corrected chi connectivity index (χ4v) is 1.67. The molecule has 0 aromatic heterocycles. The Bertz CT molecular complexity index is 615. The van der Waals surface area contributed by atoms with Gasteiger partial charge >= 0.3 is 6.61 Å². The van der Waals surface area contributed by atoms with Gasteiger partial charge in [0.2, 0.25) is 0 Å². The predicted molar refractivity (Wildman–Crippen MR) is 73.4 cm³/mol. The van der Waals surface area contributed by atoms with Crippen molar-refractivity contribution in [2.45, 2.75) is 6.61 Å². The molecule has 0 bridgehead atoms. The summed E-state index contributed by atoms with van der Waals surface area (Å²) in [6.45, 7) is -2.85. The molecule has 2 aromatic carbocycles. The van der Waals surface area contributed by atoms with Crippen molar-refractivity contribution in [1.29, 1.82) is 0 Å². The fraction of sp³-hybridized carbons (Fsp3) is 0.0714. The van der Waals surface area contributed by atoms with Crippen molar-refractivity contribution < 1.29 is 18.6 Å². The molecule has 104 valence electrons. The van der Waals surface area contributed by atoms with Crippen LogP contribution in [0.5, 0.6) is 11.5 Å². The number of halogens is 3. The van der Waals surface area contributed by atoms with Crippen LogP contribution in [-0.4, -0.2) is 17.9 Å². The SMILES string of the molecule is Oc1ccc(Cl)cc1C=Nc1ccc(OC(F)F)cc1. The number of alkyl halides is 2. The third-order valence-corrected chi connectivity index (χ3v) is 2.64. The molecule has 0 aliphatic rings. The van der Waals surface area contributed by atoms with Crippen LogP contribution in [0.15, 0.2) is 47.5 Å². The topological polar surface area (TPSA) is 41.8 Å². The van der Waals surface area contributed by atoms with E-state index in [2.05, 4.69) is 9.73 Å². The maximum absolute atomic E-state index is 12.0. The Labute approximate surface area is 119 Å². The van der Waals surface area contributed by atoms with E-state index in [0.717, 1.165) is 0 Å². The van der Waals surface area contributed by atoms with Gasteiger partial charge in [0.15, 0.2) is 0 Å². The zero-order valence-corrected chi connectivity index (χ0v) is 10.9. The molecule has 0 amide bonds. The number of aromatic hydroxyl groups is 1. The largest absolute Gasteiger partial charge is 0.507 e. The lowest BCUT2D eigenvalue weighted by molar-refractivity contribution is -0.0498. The quantitative estimate of drug-likeness (QED) is 0.850. The Morgan fingerprint density at radius 3 is 2.50 bits per heavy atom. The van der Waals surface area contributed by atoms with Crippen LogP contribution in [0.4, 0.5) is 14.5 Å². The zero-order valence-electron chi connectivity index (χ0n) is 10.1. The molecule has 0 saturated carbocycles. The van der Waals surface area contributed by atoms with Gasteiger partial charge in [-0.3, -0.25) is 4.99 Å². The minimum atomic E-state index is -2.85. The lowest BCUT2D eigenvalue weighted by Crippen LogP contribution is -2.01. The van der Waals surface area contributed by atoms with E-state index in [1.165, 1.54) is 36.5 Å². The summed E-state index contributed by atoms with van der Waals surface area (Å²) < 4.78 is 28.2. The third-order valence-electron chi connectivity index (χ3n) is 2.40. The maximum atomic E-state index is 12.0. The van der Waals surface area contributed by atoms with E-state index >= 15 is 0 Å². The Hall–Kier alpha value is -2.14. The molecule has 20 heavy (non-hydrogen) atoms. The van der Waals surface area contributed by atoms with E-state index in [1.54, 1.807) is 12.1 Å². The summed E-state index contributed by atoms with van der Waals surface area (Å²) in [6, 6.07) is 10.4. The molecular weight excluding hydrogens is 288 g/mol. The summed E-state index contributed by atoms with van der Waals surface area (Å²) >= 11 is 5.81. The summed E-state index contributed by atoms with van der Waals surface area (Å²) in [5.41, 5.74) is 0.997. The minimum absolute atomic E-state index is 0.0517. The molecule has 0 radical (unpaired) electrons. The molecule has 0 heterocycles. The molecule has 3 nitrogen and oxygen atoms in total. The van der Waals surface area contributed by atoms with Crippen molar-refractivity contribution in [3.63, 3.8) is 0 Å². The van der Waals surface area contributed by atoms with Gasteiger partial charge in [-0.25, -0.2) is 0 Å². The zero-order chi connectivity index (χ0) is 14.5. The minimum Gasteiger partial charge on any atom is -0.507 e.